The van der Waals surface area contributed by atoms with Crippen molar-refractivity contribution in [2.24, 2.45) is 0 Å². The van der Waals surface area contributed by atoms with Crippen molar-refractivity contribution in [2.75, 3.05) is 0 Å². The highest BCUT2D eigenvalue weighted by molar-refractivity contribution is 5.46. The maximum Gasteiger partial charge on any atom is 0.210 e. The van der Waals surface area contributed by atoms with E-state index in [0.717, 1.165) is 12.0 Å². The molecule has 0 aromatic heterocycles. The van der Waals surface area contributed by atoms with E-state index >= 15 is 0 Å². The fourth-order valence-corrected chi connectivity index (χ4v) is 1.30. The molecule has 1 unspecified atom stereocenters. The molecular formula is C9H10O3. The fraction of sp³-hybridized carbons (Fsp3) is 0.333. The van der Waals surface area contributed by atoms with Gasteiger partial charge in [-0.05, 0) is 13.0 Å². The monoisotopic (exact) mass is 166 g/mol. The average Bonchev–Trinajstić information content (AvgIpc) is 2.04. The van der Waals surface area contributed by atoms with Crippen molar-refractivity contribution < 1.29 is 14.9 Å². The highest BCUT2D eigenvalue weighted by atomic mass is 17.2. The van der Waals surface area contributed by atoms with E-state index in [1.165, 1.54) is 0 Å². The molecule has 2 rings (SSSR count). The normalized spacial score (nSPS) is 21.2. The zero-order valence-electron chi connectivity index (χ0n) is 6.78. The van der Waals surface area contributed by atoms with Gasteiger partial charge in [0.25, 0.3) is 0 Å². The van der Waals surface area contributed by atoms with Gasteiger partial charge in [0.2, 0.25) is 5.75 Å². The lowest BCUT2D eigenvalue weighted by atomic mass is 10.1. The van der Waals surface area contributed by atoms with Gasteiger partial charge < -0.3 is 9.99 Å². The molecule has 1 aliphatic rings. The second-order valence-electron chi connectivity index (χ2n) is 2.96. The zero-order valence-corrected chi connectivity index (χ0v) is 6.78. The van der Waals surface area contributed by atoms with Crippen LogP contribution in [0.5, 0.6) is 11.5 Å². The largest absolute Gasteiger partial charge is 0.504 e. The Morgan fingerprint density at radius 3 is 3.17 bits per heavy atom. The van der Waals surface area contributed by atoms with Gasteiger partial charge >= 0.3 is 0 Å². The smallest absolute Gasteiger partial charge is 0.210 e. The molecule has 0 saturated carbocycles. The number of para-hydroxylation sites is 1. The number of hydrogen-bond donors (Lipinski definition) is 1. The van der Waals surface area contributed by atoms with Crippen LogP contribution in [0.3, 0.4) is 0 Å². The summed E-state index contributed by atoms with van der Waals surface area (Å²) in [6.45, 7) is 1.92. The number of hydrogen-bond acceptors (Lipinski definition) is 3. The van der Waals surface area contributed by atoms with Crippen LogP contribution in [0.2, 0.25) is 0 Å². The minimum absolute atomic E-state index is 0.0549. The van der Waals surface area contributed by atoms with E-state index in [1.54, 1.807) is 12.1 Å². The summed E-state index contributed by atoms with van der Waals surface area (Å²) in [4.78, 5) is 9.84. The van der Waals surface area contributed by atoms with Gasteiger partial charge in [-0.25, -0.2) is 0 Å². The van der Waals surface area contributed by atoms with Crippen molar-refractivity contribution in [2.45, 2.75) is 19.4 Å². The Morgan fingerprint density at radius 2 is 2.33 bits per heavy atom. The SMILES string of the molecule is CC1Cc2cccc(O)c2OO1. The molecule has 0 aliphatic carbocycles. The molecule has 1 atom stereocenters. The number of phenols is 1. The minimum Gasteiger partial charge on any atom is -0.504 e. The third-order valence-electron chi connectivity index (χ3n) is 1.88. The summed E-state index contributed by atoms with van der Waals surface area (Å²) in [6.07, 6.45) is 0.836. The van der Waals surface area contributed by atoms with Crippen LogP contribution in [0.1, 0.15) is 12.5 Å². The van der Waals surface area contributed by atoms with Crippen LogP contribution in [0.4, 0.5) is 0 Å². The van der Waals surface area contributed by atoms with Crippen LogP contribution in [0.15, 0.2) is 18.2 Å². The Bertz CT molecular complexity index is 296. The molecule has 64 valence electrons. The van der Waals surface area contributed by atoms with Gasteiger partial charge in [-0.3, -0.25) is 0 Å². The average molecular weight is 166 g/mol. The van der Waals surface area contributed by atoms with Crippen LogP contribution in [-0.2, 0) is 11.3 Å². The minimum atomic E-state index is 0.0549. The van der Waals surface area contributed by atoms with Gasteiger partial charge in [0.05, 0.1) is 0 Å². The van der Waals surface area contributed by atoms with E-state index in [-0.39, 0.29) is 11.9 Å². The lowest BCUT2D eigenvalue weighted by Gasteiger charge is -2.21. The Kier molecular flexibility index (Phi) is 1.66. The Balaban J connectivity index is 2.42. The standard InChI is InChI=1S/C9H10O3/c1-6-5-7-3-2-4-8(10)9(7)12-11-6/h2-4,6,10H,5H2,1H3. The molecule has 3 heteroatoms. The van der Waals surface area contributed by atoms with E-state index in [4.69, 9.17) is 9.78 Å². The lowest BCUT2D eigenvalue weighted by Crippen LogP contribution is -2.20. The summed E-state index contributed by atoms with van der Waals surface area (Å²) in [5.41, 5.74) is 0.994. The maximum absolute atomic E-state index is 9.34. The molecule has 0 radical (unpaired) electrons. The summed E-state index contributed by atoms with van der Waals surface area (Å²) >= 11 is 0. The Morgan fingerprint density at radius 1 is 1.50 bits per heavy atom. The van der Waals surface area contributed by atoms with Crippen molar-refractivity contribution in [3.8, 4) is 11.5 Å². The van der Waals surface area contributed by atoms with Gasteiger partial charge in [-0.2, -0.15) is 4.89 Å². The Labute approximate surface area is 70.5 Å². The summed E-state index contributed by atoms with van der Waals surface area (Å²) in [7, 11) is 0. The predicted molar refractivity (Wildman–Crippen MR) is 43.0 cm³/mol. The third-order valence-corrected chi connectivity index (χ3v) is 1.88. The molecule has 12 heavy (non-hydrogen) atoms. The van der Waals surface area contributed by atoms with Gasteiger partial charge in [0, 0.05) is 12.0 Å². The van der Waals surface area contributed by atoms with E-state index < -0.39 is 0 Å². The molecule has 0 amide bonds. The topological polar surface area (TPSA) is 38.7 Å². The highest BCUT2D eigenvalue weighted by Gasteiger charge is 2.19. The van der Waals surface area contributed by atoms with E-state index in [9.17, 15) is 5.11 Å². The van der Waals surface area contributed by atoms with Crippen LogP contribution in [0, 0.1) is 0 Å². The van der Waals surface area contributed by atoms with Gasteiger partial charge in [-0.1, -0.05) is 12.1 Å². The molecule has 1 N–H and O–H groups in total. The van der Waals surface area contributed by atoms with Crippen molar-refractivity contribution in [3.63, 3.8) is 0 Å². The highest BCUT2D eigenvalue weighted by Crippen LogP contribution is 2.34. The number of fused-ring (bicyclic) bond motifs is 1. The summed E-state index contributed by atoms with van der Waals surface area (Å²) in [6, 6.07) is 5.31. The summed E-state index contributed by atoms with van der Waals surface area (Å²) in [5, 5.41) is 9.34. The van der Waals surface area contributed by atoms with Crippen molar-refractivity contribution in [1.82, 2.24) is 0 Å². The van der Waals surface area contributed by atoms with Crippen LogP contribution >= 0.6 is 0 Å². The van der Waals surface area contributed by atoms with Gasteiger partial charge in [-0.15, -0.1) is 0 Å². The van der Waals surface area contributed by atoms with Crippen LogP contribution in [0.25, 0.3) is 0 Å². The van der Waals surface area contributed by atoms with Crippen LogP contribution < -0.4 is 4.89 Å². The first-order chi connectivity index (χ1) is 5.77. The molecule has 1 aromatic rings. The van der Waals surface area contributed by atoms with Gasteiger partial charge in [0.1, 0.15) is 6.10 Å². The maximum atomic E-state index is 9.34. The quantitative estimate of drug-likeness (QED) is 0.595. The van der Waals surface area contributed by atoms with E-state index in [2.05, 4.69) is 0 Å². The third kappa shape index (κ3) is 1.12. The zero-order chi connectivity index (χ0) is 8.55. The van der Waals surface area contributed by atoms with Gasteiger partial charge in [0.15, 0.2) is 5.75 Å². The van der Waals surface area contributed by atoms with Crippen molar-refractivity contribution >= 4 is 0 Å². The van der Waals surface area contributed by atoms with Crippen molar-refractivity contribution in [3.05, 3.63) is 23.8 Å². The van der Waals surface area contributed by atoms with Crippen molar-refractivity contribution in [1.29, 1.82) is 0 Å². The van der Waals surface area contributed by atoms with Crippen LogP contribution in [-0.4, -0.2) is 11.2 Å². The van der Waals surface area contributed by atoms with E-state index in [1.807, 2.05) is 13.0 Å². The molecular weight excluding hydrogens is 156 g/mol. The Hall–Kier alpha value is -1.22. The molecule has 1 heterocycles. The summed E-state index contributed by atoms with van der Waals surface area (Å²) in [5.74, 6) is 0.593. The molecule has 0 bridgehead atoms. The predicted octanol–water partition coefficient (Wildman–Crippen LogP) is 1.65. The second kappa shape index (κ2) is 2.68. The number of benzene rings is 1. The first-order valence-electron chi connectivity index (χ1n) is 3.91. The number of phenolic OH excluding ortho intramolecular Hbond substituents is 1. The molecule has 0 spiro atoms. The molecule has 1 aromatic carbocycles. The lowest BCUT2D eigenvalue weighted by molar-refractivity contribution is -0.250. The second-order valence-corrected chi connectivity index (χ2v) is 2.96. The van der Waals surface area contributed by atoms with E-state index in [0.29, 0.717) is 5.75 Å². The first-order valence-corrected chi connectivity index (χ1v) is 3.91. The molecule has 0 saturated heterocycles. The number of rotatable bonds is 0. The summed E-state index contributed by atoms with van der Waals surface area (Å²) < 4.78 is 0. The first kappa shape index (κ1) is 7.43. The molecule has 0 fully saturated rings. The molecule has 1 aliphatic heterocycles. The molecule has 3 nitrogen and oxygen atoms in total. The fourth-order valence-electron chi connectivity index (χ4n) is 1.30. The number of aromatic hydroxyl groups is 1.